The molecule has 2 heterocycles. The van der Waals surface area contributed by atoms with E-state index < -0.39 is 71.4 Å². The average molecular weight is 1030 g/mol. The van der Waals surface area contributed by atoms with Crippen molar-refractivity contribution in [3.63, 3.8) is 0 Å². The molecular formula is C54H58F6N6O8. The molecule has 0 spiro atoms. The summed E-state index contributed by atoms with van der Waals surface area (Å²) in [5.41, 5.74) is 10.6. The first-order valence-electron chi connectivity index (χ1n) is 24.2. The lowest BCUT2D eigenvalue weighted by molar-refractivity contribution is -0.141. The van der Waals surface area contributed by atoms with Crippen LogP contribution in [0.2, 0.25) is 0 Å². The van der Waals surface area contributed by atoms with Crippen LogP contribution in [0.1, 0.15) is 126 Å². The lowest BCUT2D eigenvalue weighted by Gasteiger charge is -2.41. The van der Waals surface area contributed by atoms with Gasteiger partial charge in [-0.15, -0.1) is 0 Å². The molecule has 6 rings (SSSR count). The number of hydrogen-bond acceptors (Lipinski definition) is 10. The number of urea groups is 2. The van der Waals surface area contributed by atoms with Gasteiger partial charge in [0.2, 0.25) is 11.8 Å². The molecule has 0 saturated carbocycles. The molecule has 0 saturated heterocycles. The van der Waals surface area contributed by atoms with Gasteiger partial charge in [-0.2, -0.15) is 26.3 Å². The van der Waals surface area contributed by atoms with Crippen LogP contribution in [-0.4, -0.2) is 58.8 Å². The molecule has 2 aliphatic rings. The summed E-state index contributed by atoms with van der Waals surface area (Å²) < 4.78 is 93.9. The molecule has 20 heteroatoms. The van der Waals surface area contributed by atoms with Crippen molar-refractivity contribution in [2.75, 3.05) is 34.5 Å². The first kappa shape index (κ1) is 55.7. The Morgan fingerprint density at radius 2 is 0.838 bits per heavy atom. The molecule has 0 fully saturated rings. The molecule has 4 N–H and O–H groups in total. The Bertz CT molecular complexity index is 2610. The second-order valence-corrected chi connectivity index (χ2v) is 17.8. The Kier molecular flexibility index (Phi) is 18.0. The first-order valence-corrected chi connectivity index (χ1v) is 24.2. The van der Waals surface area contributed by atoms with Gasteiger partial charge in [0.25, 0.3) is 0 Å². The lowest BCUT2D eigenvalue weighted by Crippen LogP contribution is -2.53. The number of halogens is 6. The number of amides is 6. The van der Waals surface area contributed by atoms with E-state index in [0.29, 0.717) is 61.0 Å². The van der Waals surface area contributed by atoms with Crippen molar-refractivity contribution in [2.24, 2.45) is 0 Å². The largest absolute Gasteiger partial charge is 0.463 e. The predicted octanol–water partition coefficient (Wildman–Crippen LogP) is 12.2. The van der Waals surface area contributed by atoms with E-state index in [9.17, 15) is 55.1 Å². The minimum atomic E-state index is -4.75. The van der Waals surface area contributed by atoms with E-state index in [1.165, 1.54) is 50.2 Å². The normalized spacial score (nSPS) is 16.5. The number of unbranched alkanes of at least 4 members (excludes halogenated alkanes) is 7. The van der Waals surface area contributed by atoms with Crippen LogP contribution in [0, 0.1) is 0 Å². The number of ether oxygens (including phenoxy) is 2. The van der Waals surface area contributed by atoms with Crippen molar-refractivity contribution in [2.45, 2.75) is 116 Å². The highest BCUT2D eigenvalue weighted by atomic mass is 19.4. The summed E-state index contributed by atoms with van der Waals surface area (Å²) in [4.78, 5) is 88.3. The molecule has 0 radical (unpaired) electrons. The molecule has 0 aliphatic carbocycles. The third kappa shape index (κ3) is 12.6. The second-order valence-electron chi connectivity index (χ2n) is 17.8. The predicted molar refractivity (Wildman–Crippen MR) is 264 cm³/mol. The van der Waals surface area contributed by atoms with E-state index in [2.05, 4.69) is 0 Å². The van der Waals surface area contributed by atoms with Gasteiger partial charge in [-0.3, -0.25) is 29.2 Å². The number of carbonyl (C=O) groups excluding carboxylic acids is 6. The van der Waals surface area contributed by atoms with Crippen molar-refractivity contribution in [1.29, 1.82) is 0 Å². The molecule has 74 heavy (non-hydrogen) atoms. The number of benzene rings is 4. The maximum atomic E-state index is 14.4. The summed E-state index contributed by atoms with van der Waals surface area (Å²) >= 11 is 0. The Labute approximate surface area is 424 Å². The average Bonchev–Trinajstić information content (AvgIpc) is 3.34. The summed E-state index contributed by atoms with van der Waals surface area (Å²) in [5, 5.41) is 0. The van der Waals surface area contributed by atoms with Crippen LogP contribution in [0.25, 0.3) is 0 Å². The van der Waals surface area contributed by atoms with E-state index >= 15 is 0 Å². The Balaban J connectivity index is 1.10. The van der Waals surface area contributed by atoms with Gasteiger partial charge in [0.1, 0.15) is 12.1 Å². The van der Waals surface area contributed by atoms with Crippen molar-refractivity contribution in [3.8, 4) is 0 Å². The van der Waals surface area contributed by atoms with Gasteiger partial charge in [0, 0.05) is 35.6 Å². The fraction of sp³-hybridized carbons (Fsp3) is 0.370. The van der Waals surface area contributed by atoms with Gasteiger partial charge in [-0.25, -0.2) is 19.2 Å². The first-order chi connectivity index (χ1) is 35.1. The van der Waals surface area contributed by atoms with Gasteiger partial charge < -0.3 is 20.9 Å². The monoisotopic (exact) mass is 1030 g/mol. The van der Waals surface area contributed by atoms with Crippen LogP contribution < -0.4 is 21.3 Å². The zero-order valence-corrected chi connectivity index (χ0v) is 41.4. The molecule has 6 amide bonds. The molecule has 2 unspecified atom stereocenters. The van der Waals surface area contributed by atoms with E-state index in [0.717, 1.165) is 68.8 Å². The summed E-state index contributed by atoms with van der Waals surface area (Å²) in [6.45, 7) is 5.82. The van der Waals surface area contributed by atoms with E-state index in [1.807, 2.05) is 0 Å². The SMILES string of the molecule is CCOC(=O)C1=C(C)N(c2cccc(C(F)(F)F)c2)C(=O)N(C(=O)CCCCCCCCCCC(=O)N2C(=O)N(c3cccc(C(F)(F)F)c3)C(C)=C(C(=O)OCC)C2c2ccc(N)cc2)C1c1ccc(N)cc1. The van der Waals surface area contributed by atoms with Crippen LogP contribution >= 0.6 is 0 Å². The number of imide groups is 2. The number of nitrogen functional groups attached to an aromatic ring is 2. The van der Waals surface area contributed by atoms with Crippen LogP contribution in [-0.2, 0) is 41.0 Å². The molecule has 4 aromatic rings. The highest BCUT2D eigenvalue weighted by Crippen LogP contribution is 2.44. The van der Waals surface area contributed by atoms with Gasteiger partial charge >= 0.3 is 36.4 Å². The maximum Gasteiger partial charge on any atom is 0.416 e. The third-order valence-electron chi connectivity index (χ3n) is 12.7. The highest BCUT2D eigenvalue weighted by Gasteiger charge is 2.48. The van der Waals surface area contributed by atoms with E-state index in [-0.39, 0.29) is 60.0 Å². The molecule has 14 nitrogen and oxygen atoms in total. The zero-order valence-electron chi connectivity index (χ0n) is 41.4. The standard InChI is InChI=1S/C54H58F6N6O8/c1-5-73-49(69)45-33(3)63(41-19-15-17-37(31-41)53(55,56)57)51(71)65(47(45)35-23-27-39(61)28-24-35)43(67)21-13-11-9-7-8-10-12-14-22-44(68)66-48(36-25-29-40(62)30-26-36)46(50(70)74-6-2)34(4)64(52(66)72)42-20-16-18-38(32-42)54(58,59)60/h15-20,23-32,47-48H,5-14,21-22,61-62H2,1-4H3. The van der Waals surface area contributed by atoms with Crippen molar-refractivity contribution in [1.82, 2.24) is 9.80 Å². The summed E-state index contributed by atoms with van der Waals surface area (Å²) in [6, 6.07) is 15.9. The molecular weight excluding hydrogens is 975 g/mol. The maximum absolute atomic E-state index is 14.4. The van der Waals surface area contributed by atoms with E-state index in [4.69, 9.17) is 20.9 Å². The van der Waals surface area contributed by atoms with Crippen LogP contribution in [0.15, 0.2) is 120 Å². The molecule has 0 aromatic heterocycles. The molecule has 4 aromatic carbocycles. The van der Waals surface area contributed by atoms with Gasteiger partial charge in [-0.05, 0) is 112 Å². The minimum Gasteiger partial charge on any atom is -0.463 e. The van der Waals surface area contributed by atoms with E-state index in [1.54, 1.807) is 38.1 Å². The highest BCUT2D eigenvalue weighted by molar-refractivity contribution is 6.11. The molecule has 2 aliphatic heterocycles. The Morgan fingerprint density at radius 1 is 0.514 bits per heavy atom. The summed E-state index contributed by atoms with van der Waals surface area (Å²) in [5.74, 6) is -3.07. The second kappa shape index (κ2) is 23.9. The zero-order chi connectivity index (χ0) is 54.1. The minimum absolute atomic E-state index is 0.0126. The quantitative estimate of drug-likeness (QED) is 0.0396. The fourth-order valence-corrected chi connectivity index (χ4v) is 9.15. The Hall–Kier alpha value is -7.64. The molecule has 0 bridgehead atoms. The number of nitrogens with two attached hydrogens (primary N) is 2. The van der Waals surface area contributed by atoms with Gasteiger partial charge in [0.05, 0.1) is 46.9 Å². The van der Waals surface area contributed by atoms with Crippen LogP contribution in [0.5, 0.6) is 0 Å². The van der Waals surface area contributed by atoms with Gasteiger partial charge in [-0.1, -0.05) is 74.9 Å². The number of hydrogen-bond donors (Lipinski definition) is 2. The Morgan fingerprint density at radius 3 is 1.15 bits per heavy atom. The fourth-order valence-electron chi connectivity index (χ4n) is 9.15. The van der Waals surface area contributed by atoms with Crippen molar-refractivity contribution < 1.29 is 64.6 Å². The van der Waals surface area contributed by atoms with Crippen LogP contribution in [0.3, 0.4) is 0 Å². The molecule has 2 atom stereocenters. The lowest BCUT2D eigenvalue weighted by atomic mass is 9.92. The number of rotatable bonds is 19. The van der Waals surface area contributed by atoms with Gasteiger partial charge in [0.15, 0.2) is 0 Å². The third-order valence-corrected chi connectivity index (χ3v) is 12.7. The smallest absolute Gasteiger partial charge is 0.416 e. The topological polar surface area (TPSA) is 186 Å². The summed E-state index contributed by atoms with van der Waals surface area (Å²) in [7, 11) is 0. The van der Waals surface area contributed by atoms with Crippen molar-refractivity contribution >= 4 is 58.6 Å². The number of nitrogens with zero attached hydrogens (tertiary/aromatic N) is 4. The summed E-state index contributed by atoms with van der Waals surface area (Å²) in [6.07, 6.45) is -5.25. The number of esters is 2. The van der Waals surface area contributed by atoms with Crippen LogP contribution in [0.4, 0.5) is 58.7 Å². The number of allylic oxidation sites excluding steroid dienone is 2. The number of alkyl halides is 6. The number of anilines is 4. The van der Waals surface area contributed by atoms with Crippen molar-refractivity contribution in [3.05, 3.63) is 142 Å². The number of carbonyl (C=O) groups is 6. The molecule has 394 valence electrons.